The van der Waals surface area contributed by atoms with Crippen molar-refractivity contribution in [3.8, 4) is 17.1 Å². The average molecular weight is 508 g/mol. The highest BCUT2D eigenvalue weighted by Crippen LogP contribution is 2.28. The minimum absolute atomic E-state index is 0.260. The van der Waals surface area contributed by atoms with Gasteiger partial charge < -0.3 is 14.5 Å². The van der Waals surface area contributed by atoms with Crippen molar-refractivity contribution in [1.29, 1.82) is 0 Å². The summed E-state index contributed by atoms with van der Waals surface area (Å²) in [5.74, 6) is 0.971. The molecule has 2 aromatic heterocycles. The fourth-order valence-electron chi connectivity index (χ4n) is 3.43. The van der Waals surface area contributed by atoms with E-state index < -0.39 is 0 Å². The van der Waals surface area contributed by atoms with Crippen LogP contribution in [0, 0.1) is 6.92 Å². The van der Waals surface area contributed by atoms with Gasteiger partial charge in [-0.1, -0.05) is 73.6 Å². The minimum atomic E-state index is -0.260. The maximum atomic E-state index is 12.7. The van der Waals surface area contributed by atoms with E-state index in [1.807, 2.05) is 105 Å². The fraction of sp³-hybridized carbons (Fsp3) is 0.387. The van der Waals surface area contributed by atoms with Crippen LogP contribution in [0.2, 0.25) is 0 Å². The molecule has 37 heavy (non-hydrogen) atoms. The van der Waals surface area contributed by atoms with Crippen molar-refractivity contribution in [2.24, 2.45) is 0 Å². The Morgan fingerprint density at radius 3 is 2.32 bits per heavy atom. The highest BCUT2D eigenvalue weighted by Gasteiger charge is 2.18. The Labute approximate surface area is 223 Å². The molecule has 0 saturated heterocycles. The van der Waals surface area contributed by atoms with E-state index in [0.29, 0.717) is 18.7 Å². The van der Waals surface area contributed by atoms with Crippen molar-refractivity contribution in [3.63, 3.8) is 0 Å². The Morgan fingerprint density at radius 1 is 0.973 bits per heavy atom. The number of ether oxygens (including phenoxy) is 1. The lowest BCUT2D eigenvalue weighted by Crippen LogP contribution is -2.26. The van der Waals surface area contributed by atoms with Gasteiger partial charge in [-0.2, -0.15) is 0 Å². The van der Waals surface area contributed by atoms with Crippen molar-refractivity contribution in [1.82, 2.24) is 15.3 Å². The molecule has 0 aliphatic carbocycles. The molecule has 202 valence electrons. The van der Waals surface area contributed by atoms with Gasteiger partial charge >= 0.3 is 0 Å². The van der Waals surface area contributed by atoms with E-state index in [9.17, 15) is 4.79 Å². The van der Waals surface area contributed by atoms with Crippen LogP contribution in [0.3, 0.4) is 0 Å². The van der Waals surface area contributed by atoms with Gasteiger partial charge in [0.2, 0.25) is 0 Å². The summed E-state index contributed by atoms with van der Waals surface area (Å²) in [6, 6.07) is 13.7. The van der Waals surface area contributed by atoms with Crippen molar-refractivity contribution in [3.05, 3.63) is 78.1 Å². The molecule has 2 aromatic carbocycles. The van der Waals surface area contributed by atoms with E-state index in [-0.39, 0.29) is 11.6 Å². The van der Waals surface area contributed by atoms with Crippen molar-refractivity contribution in [2.45, 2.75) is 68.7 Å². The standard InChI is InChI=1S/C23H21N3O3.4C2H6/c1-15-12-17(6-7-20(15)28-2)22-21(26-14-29-22)23(27)25-11-8-16-4-3-5-18-13-24-10-9-19(16)18;4*1-2/h3-7,9-10,12-14H,8,11H2,1-2H3,(H,25,27);4*1-2H3. The third-order valence-corrected chi connectivity index (χ3v) is 4.89. The van der Waals surface area contributed by atoms with Gasteiger partial charge in [-0.05, 0) is 54.1 Å². The Hall–Kier alpha value is -3.67. The first-order valence-electron chi connectivity index (χ1n) is 13.4. The highest BCUT2D eigenvalue weighted by atomic mass is 16.5. The maximum Gasteiger partial charge on any atom is 0.273 e. The lowest BCUT2D eigenvalue weighted by atomic mass is 10.0. The topological polar surface area (TPSA) is 77.2 Å². The molecule has 0 fully saturated rings. The first kappa shape index (κ1) is 33.3. The molecule has 0 spiro atoms. The van der Waals surface area contributed by atoms with Crippen molar-refractivity contribution < 1.29 is 13.9 Å². The molecule has 6 heteroatoms. The minimum Gasteiger partial charge on any atom is -0.496 e. The number of carbonyl (C=O) groups excluding carboxylic acids is 1. The number of pyridine rings is 1. The lowest BCUT2D eigenvalue weighted by molar-refractivity contribution is 0.0950. The zero-order valence-corrected chi connectivity index (χ0v) is 24.3. The van der Waals surface area contributed by atoms with E-state index in [0.717, 1.165) is 33.2 Å². The number of fused-ring (bicyclic) bond motifs is 1. The zero-order chi connectivity index (χ0) is 28.2. The molecule has 6 nitrogen and oxygen atoms in total. The summed E-state index contributed by atoms with van der Waals surface area (Å²) in [4.78, 5) is 21.0. The first-order chi connectivity index (χ1) is 18.2. The molecule has 0 atom stereocenters. The maximum absolute atomic E-state index is 12.7. The summed E-state index contributed by atoms with van der Waals surface area (Å²) in [6.07, 6.45) is 5.63. The third-order valence-electron chi connectivity index (χ3n) is 4.89. The van der Waals surface area contributed by atoms with Gasteiger partial charge in [0.1, 0.15) is 5.75 Å². The summed E-state index contributed by atoms with van der Waals surface area (Å²) >= 11 is 0. The molecule has 0 aliphatic heterocycles. The Morgan fingerprint density at radius 2 is 1.68 bits per heavy atom. The second-order valence-corrected chi connectivity index (χ2v) is 6.73. The molecule has 1 N–H and O–H groups in total. The number of nitrogens with zero attached hydrogens (tertiary/aromatic N) is 2. The second kappa shape index (κ2) is 19.5. The van der Waals surface area contributed by atoms with E-state index in [1.165, 1.54) is 6.39 Å². The lowest BCUT2D eigenvalue weighted by Gasteiger charge is -2.09. The SMILES string of the molecule is CC.CC.CC.CC.COc1ccc(-c2ocnc2C(=O)NCCc2cccc3cnccc23)cc1C. The van der Waals surface area contributed by atoms with Gasteiger partial charge in [0.15, 0.2) is 17.8 Å². The average Bonchev–Trinajstić information content (AvgIpc) is 3.48. The highest BCUT2D eigenvalue weighted by molar-refractivity contribution is 5.97. The van der Waals surface area contributed by atoms with Crippen LogP contribution < -0.4 is 10.1 Å². The number of rotatable bonds is 6. The molecule has 0 aliphatic rings. The number of aryl methyl sites for hydroxylation is 1. The van der Waals surface area contributed by atoms with Gasteiger partial charge in [-0.25, -0.2) is 4.98 Å². The van der Waals surface area contributed by atoms with Crippen LogP contribution in [0.4, 0.5) is 0 Å². The number of nitrogens with one attached hydrogen (secondary N) is 1. The Bertz CT molecular complexity index is 1160. The summed E-state index contributed by atoms with van der Waals surface area (Å²) in [6.45, 7) is 18.4. The van der Waals surface area contributed by atoms with Crippen LogP contribution in [0.1, 0.15) is 77.0 Å². The predicted octanol–water partition coefficient (Wildman–Crippen LogP) is 8.28. The molecule has 0 radical (unpaired) electrons. The third kappa shape index (κ3) is 9.37. The smallest absolute Gasteiger partial charge is 0.273 e. The number of hydrogen-bond donors (Lipinski definition) is 1. The number of benzene rings is 2. The summed E-state index contributed by atoms with van der Waals surface area (Å²) < 4.78 is 10.8. The molecule has 1 amide bonds. The molecule has 4 rings (SSSR count). The van der Waals surface area contributed by atoms with E-state index in [1.54, 1.807) is 13.3 Å². The molecular formula is C31H45N3O3. The molecule has 2 heterocycles. The van der Waals surface area contributed by atoms with Crippen LogP contribution >= 0.6 is 0 Å². The number of aromatic nitrogens is 2. The van der Waals surface area contributed by atoms with Crippen molar-refractivity contribution in [2.75, 3.05) is 13.7 Å². The van der Waals surface area contributed by atoms with Gasteiger partial charge in [0.05, 0.1) is 7.11 Å². The zero-order valence-electron chi connectivity index (χ0n) is 24.3. The van der Waals surface area contributed by atoms with Crippen LogP contribution in [-0.2, 0) is 6.42 Å². The van der Waals surface area contributed by atoms with Crippen LogP contribution in [-0.4, -0.2) is 29.5 Å². The second-order valence-electron chi connectivity index (χ2n) is 6.73. The molecular weight excluding hydrogens is 462 g/mol. The summed E-state index contributed by atoms with van der Waals surface area (Å²) in [5, 5.41) is 5.18. The number of carbonyl (C=O) groups is 1. The van der Waals surface area contributed by atoms with Crippen LogP contribution in [0.25, 0.3) is 22.1 Å². The van der Waals surface area contributed by atoms with Gasteiger partial charge in [-0.3, -0.25) is 9.78 Å². The van der Waals surface area contributed by atoms with Crippen LogP contribution in [0.15, 0.2) is 65.7 Å². The Kier molecular flexibility index (Phi) is 17.6. The summed E-state index contributed by atoms with van der Waals surface area (Å²) in [5.41, 5.74) is 3.18. The molecule has 0 saturated carbocycles. The number of methoxy groups -OCH3 is 1. The number of amides is 1. The largest absolute Gasteiger partial charge is 0.496 e. The number of hydrogen-bond acceptors (Lipinski definition) is 5. The predicted molar refractivity (Wildman–Crippen MR) is 156 cm³/mol. The first-order valence-corrected chi connectivity index (χ1v) is 13.4. The Balaban J connectivity index is 0.00000148. The van der Waals surface area contributed by atoms with Crippen molar-refractivity contribution >= 4 is 16.7 Å². The van der Waals surface area contributed by atoms with Gasteiger partial charge in [0, 0.05) is 29.9 Å². The quantitative estimate of drug-likeness (QED) is 0.284. The van der Waals surface area contributed by atoms with Gasteiger partial charge in [0.25, 0.3) is 5.91 Å². The van der Waals surface area contributed by atoms with Gasteiger partial charge in [-0.15, -0.1) is 0 Å². The molecule has 0 bridgehead atoms. The number of oxazole rings is 1. The fourth-order valence-corrected chi connectivity index (χ4v) is 3.43. The monoisotopic (exact) mass is 507 g/mol. The molecule has 4 aromatic rings. The molecule has 0 unspecified atom stereocenters. The summed E-state index contributed by atoms with van der Waals surface area (Å²) in [7, 11) is 1.63. The van der Waals surface area contributed by atoms with E-state index in [4.69, 9.17) is 9.15 Å². The van der Waals surface area contributed by atoms with E-state index >= 15 is 0 Å². The normalized spacial score (nSPS) is 9.14. The van der Waals surface area contributed by atoms with E-state index in [2.05, 4.69) is 21.4 Å². The van der Waals surface area contributed by atoms with Crippen LogP contribution in [0.5, 0.6) is 5.75 Å².